The highest BCUT2D eigenvalue weighted by molar-refractivity contribution is 6.35. The Morgan fingerprint density at radius 2 is 2.12 bits per heavy atom. The first-order chi connectivity index (χ1) is 7.62. The number of para-hydroxylation sites is 1. The molecule has 1 aromatic heterocycles. The van der Waals surface area contributed by atoms with Crippen molar-refractivity contribution < 1.29 is 0 Å². The van der Waals surface area contributed by atoms with Crippen LogP contribution in [0.3, 0.4) is 0 Å². The van der Waals surface area contributed by atoms with E-state index in [1.807, 2.05) is 13.2 Å². The minimum absolute atomic E-state index is 0.130. The normalized spacial score (nSPS) is 18.7. The summed E-state index contributed by atoms with van der Waals surface area (Å²) in [5.41, 5.74) is 8.71. The lowest BCUT2D eigenvalue weighted by molar-refractivity contribution is 0.255. The van der Waals surface area contributed by atoms with Crippen LogP contribution in [0.1, 0.15) is 24.8 Å². The maximum absolute atomic E-state index is 6.41. The third-order valence-corrected chi connectivity index (χ3v) is 4.04. The van der Waals surface area contributed by atoms with Gasteiger partial charge in [-0.1, -0.05) is 29.8 Å². The van der Waals surface area contributed by atoms with Gasteiger partial charge in [0.25, 0.3) is 0 Å². The van der Waals surface area contributed by atoms with E-state index in [9.17, 15) is 0 Å². The van der Waals surface area contributed by atoms with Gasteiger partial charge in [0.05, 0.1) is 10.5 Å². The molecule has 16 heavy (non-hydrogen) atoms. The molecule has 0 aliphatic heterocycles. The van der Waals surface area contributed by atoms with Crippen LogP contribution in [-0.2, 0) is 12.6 Å². The number of aryl methyl sites for hydroxylation is 1. The summed E-state index contributed by atoms with van der Waals surface area (Å²) >= 11 is 6.20. The quantitative estimate of drug-likeness (QED) is 0.807. The first-order valence-corrected chi connectivity index (χ1v) is 6.02. The lowest BCUT2D eigenvalue weighted by Gasteiger charge is -2.39. The second-order valence-corrected chi connectivity index (χ2v) is 5.21. The molecule has 0 bridgehead atoms. The molecular weight excluding hydrogens is 220 g/mol. The maximum atomic E-state index is 6.41. The van der Waals surface area contributed by atoms with Crippen LogP contribution in [0.4, 0.5) is 0 Å². The van der Waals surface area contributed by atoms with Crippen molar-refractivity contribution >= 4 is 22.5 Å². The molecule has 1 aliphatic carbocycles. The second-order valence-electron chi connectivity index (χ2n) is 4.80. The molecule has 0 amide bonds. The number of hydrogen-bond donors (Lipinski definition) is 1. The van der Waals surface area contributed by atoms with Gasteiger partial charge in [0, 0.05) is 24.2 Å². The molecule has 1 fully saturated rings. The van der Waals surface area contributed by atoms with Gasteiger partial charge in [-0.3, -0.25) is 0 Å². The summed E-state index contributed by atoms with van der Waals surface area (Å²) in [7, 11) is 2.03. The molecule has 1 saturated carbocycles. The van der Waals surface area contributed by atoms with Crippen molar-refractivity contribution in [2.45, 2.75) is 24.8 Å². The van der Waals surface area contributed by atoms with Gasteiger partial charge in [-0.05, 0) is 24.8 Å². The largest absolute Gasteiger partial charge is 0.349 e. The molecule has 2 nitrogen and oxygen atoms in total. The zero-order valence-electron chi connectivity index (χ0n) is 9.33. The van der Waals surface area contributed by atoms with Gasteiger partial charge in [-0.2, -0.15) is 0 Å². The van der Waals surface area contributed by atoms with E-state index < -0.39 is 0 Å². The van der Waals surface area contributed by atoms with E-state index in [4.69, 9.17) is 17.3 Å². The Balaban J connectivity index is 2.32. The highest BCUT2D eigenvalue weighted by Crippen LogP contribution is 2.42. The molecule has 84 valence electrons. The van der Waals surface area contributed by atoms with Crippen LogP contribution in [0.2, 0.25) is 5.02 Å². The van der Waals surface area contributed by atoms with Crippen LogP contribution in [0.5, 0.6) is 0 Å². The van der Waals surface area contributed by atoms with Gasteiger partial charge < -0.3 is 10.3 Å². The van der Waals surface area contributed by atoms with Crippen LogP contribution in [0, 0.1) is 0 Å². The van der Waals surface area contributed by atoms with Crippen molar-refractivity contribution in [3.63, 3.8) is 0 Å². The average molecular weight is 235 g/mol. The molecule has 3 rings (SSSR count). The van der Waals surface area contributed by atoms with E-state index in [1.54, 1.807) is 0 Å². The van der Waals surface area contributed by atoms with Crippen molar-refractivity contribution in [3.05, 3.63) is 35.0 Å². The van der Waals surface area contributed by atoms with Crippen molar-refractivity contribution in [1.29, 1.82) is 0 Å². The van der Waals surface area contributed by atoms with Gasteiger partial charge in [-0.25, -0.2) is 0 Å². The Bertz CT molecular complexity index is 552. The highest BCUT2D eigenvalue weighted by atomic mass is 35.5. The number of rotatable bonds is 1. The molecule has 1 heterocycles. The molecule has 0 atom stereocenters. The molecule has 1 aliphatic rings. The van der Waals surface area contributed by atoms with E-state index in [0.29, 0.717) is 0 Å². The summed E-state index contributed by atoms with van der Waals surface area (Å²) in [5, 5.41) is 1.92. The second kappa shape index (κ2) is 3.25. The first-order valence-electron chi connectivity index (χ1n) is 5.65. The summed E-state index contributed by atoms with van der Waals surface area (Å²) in [6.45, 7) is 0. The Morgan fingerprint density at radius 1 is 1.38 bits per heavy atom. The molecule has 0 unspecified atom stereocenters. The van der Waals surface area contributed by atoms with Crippen molar-refractivity contribution in [2.75, 3.05) is 0 Å². The topological polar surface area (TPSA) is 30.9 Å². The molecule has 0 spiro atoms. The maximum Gasteiger partial charge on any atom is 0.0661 e. The fourth-order valence-corrected chi connectivity index (χ4v) is 2.95. The SMILES string of the molecule is Cn1cc(Cl)c2cccc(C3(N)CCC3)c21. The van der Waals surface area contributed by atoms with Gasteiger partial charge in [0.1, 0.15) is 0 Å². The van der Waals surface area contributed by atoms with Gasteiger partial charge in [-0.15, -0.1) is 0 Å². The van der Waals surface area contributed by atoms with E-state index >= 15 is 0 Å². The van der Waals surface area contributed by atoms with Crippen LogP contribution >= 0.6 is 11.6 Å². The third-order valence-electron chi connectivity index (χ3n) is 3.74. The number of halogens is 1. The Hall–Kier alpha value is -0.990. The summed E-state index contributed by atoms with van der Waals surface area (Å²) in [6, 6.07) is 6.25. The molecule has 2 N–H and O–H groups in total. The fraction of sp³-hybridized carbons (Fsp3) is 0.385. The lowest BCUT2D eigenvalue weighted by atomic mass is 9.72. The zero-order valence-corrected chi connectivity index (χ0v) is 10.1. The summed E-state index contributed by atoms with van der Waals surface area (Å²) in [5.74, 6) is 0. The Morgan fingerprint density at radius 3 is 2.75 bits per heavy atom. The number of aromatic nitrogens is 1. The molecule has 3 heteroatoms. The minimum atomic E-state index is -0.130. The summed E-state index contributed by atoms with van der Waals surface area (Å²) in [6.07, 6.45) is 5.34. The molecule has 0 radical (unpaired) electrons. The van der Waals surface area contributed by atoms with E-state index in [2.05, 4.69) is 22.8 Å². The summed E-state index contributed by atoms with van der Waals surface area (Å²) < 4.78 is 2.08. The first kappa shape index (κ1) is 10.2. The molecular formula is C13H15ClN2. The third kappa shape index (κ3) is 1.23. The van der Waals surface area contributed by atoms with Crippen molar-refractivity contribution in [1.82, 2.24) is 4.57 Å². The smallest absolute Gasteiger partial charge is 0.0661 e. The van der Waals surface area contributed by atoms with Crippen LogP contribution in [0.15, 0.2) is 24.4 Å². The monoisotopic (exact) mass is 234 g/mol. The summed E-state index contributed by atoms with van der Waals surface area (Å²) in [4.78, 5) is 0. The van der Waals surface area contributed by atoms with Gasteiger partial charge in [0.2, 0.25) is 0 Å². The molecule has 2 aromatic rings. The number of nitrogens with two attached hydrogens (primary N) is 1. The van der Waals surface area contributed by atoms with Crippen LogP contribution < -0.4 is 5.73 Å². The van der Waals surface area contributed by atoms with Gasteiger partial charge in [0.15, 0.2) is 0 Å². The molecule has 0 saturated heterocycles. The van der Waals surface area contributed by atoms with Crippen molar-refractivity contribution in [2.24, 2.45) is 12.8 Å². The molecule has 1 aromatic carbocycles. The fourth-order valence-electron chi connectivity index (χ4n) is 2.65. The van der Waals surface area contributed by atoms with Gasteiger partial charge >= 0.3 is 0 Å². The van der Waals surface area contributed by atoms with Crippen LogP contribution in [-0.4, -0.2) is 4.57 Å². The Kier molecular flexibility index (Phi) is 2.07. The van der Waals surface area contributed by atoms with E-state index in [1.165, 1.54) is 17.5 Å². The average Bonchev–Trinajstić information content (AvgIpc) is 2.52. The number of hydrogen-bond acceptors (Lipinski definition) is 1. The number of nitrogens with zero attached hydrogens (tertiary/aromatic N) is 1. The Labute approximate surface area is 100.0 Å². The van der Waals surface area contributed by atoms with E-state index in [-0.39, 0.29) is 5.54 Å². The van der Waals surface area contributed by atoms with Crippen molar-refractivity contribution in [3.8, 4) is 0 Å². The minimum Gasteiger partial charge on any atom is -0.349 e. The zero-order chi connectivity index (χ0) is 11.3. The standard InChI is InChI=1S/C13H15ClN2/c1-16-8-11(14)9-4-2-5-10(12(9)16)13(15)6-3-7-13/h2,4-5,8H,3,6-7,15H2,1H3. The van der Waals surface area contributed by atoms with Crippen LogP contribution in [0.25, 0.3) is 10.9 Å². The predicted octanol–water partition coefficient (Wildman–Crippen LogP) is 3.17. The predicted molar refractivity (Wildman–Crippen MR) is 67.6 cm³/mol. The number of benzene rings is 1. The highest BCUT2D eigenvalue weighted by Gasteiger charge is 2.36. The number of fused-ring (bicyclic) bond motifs is 1. The lowest BCUT2D eigenvalue weighted by Crippen LogP contribution is -2.43. The van der Waals surface area contributed by atoms with E-state index in [0.717, 1.165) is 23.3 Å².